The second-order valence-electron chi connectivity index (χ2n) is 6.53. The molecule has 28 heavy (non-hydrogen) atoms. The molecule has 0 atom stereocenters. The maximum Gasteiger partial charge on any atom is 0.225 e. The van der Waals surface area contributed by atoms with E-state index in [1.165, 1.54) is 6.07 Å². The third kappa shape index (κ3) is 5.71. The molecular formula is C20H22BrFN6. The molecule has 0 aliphatic heterocycles. The van der Waals surface area contributed by atoms with Gasteiger partial charge in [-0.3, -0.25) is 4.98 Å². The molecule has 0 aliphatic carbocycles. The van der Waals surface area contributed by atoms with Crippen molar-refractivity contribution >= 4 is 33.4 Å². The standard InChI is InChI=1S/C20H22BrFN6/c1-28(2)11-3-8-24-20-26-18(14-6-9-23-10-7-14)13-19(27-20)25-17-5-4-15(21)12-16(17)22/h4-7,9-10,12-13H,3,8,11H2,1-2H3,(H2,24,25,26,27). The number of nitrogens with zero attached hydrogens (tertiary/aromatic N) is 4. The summed E-state index contributed by atoms with van der Waals surface area (Å²) in [5.74, 6) is 0.644. The number of nitrogens with one attached hydrogen (secondary N) is 2. The zero-order chi connectivity index (χ0) is 19.9. The Morgan fingerprint density at radius 1 is 1.07 bits per heavy atom. The van der Waals surface area contributed by atoms with Crippen LogP contribution in [0.2, 0.25) is 0 Å². The van der Waals surface area contributed by atoms with E-state index in [1.54, 1.807) is 30.6 Å². The van der Waals surface area contributed by atoms with Gasteiger partial charge in [0.2, 0.25) is 5.95 Å². The average molecular weight is 445 g/mol. The fraction of sp³-hybridized carbons (Fsp3) is 0.250. The molecule has 0 unspecified atom stereocenters. The van der Waals surface area contributed by atoms with Crippen molar-refractivity contribution in [2.75, 3.05) is 37.8 Å². The number of benzene rings is 1. The Labute approximate surface area is 172 Å². The molecule has 0 radical (unpaired) electrons. The Balaban J connectivity index is 1.86. The Hall–Kier alpha value is -2.58. The molecule has 0 amide bonds. The summed E-state index contributed by atoms with van der Waals surface area (Å²) in [6.45, 7) is 1.70. The van der Waals surface area contributed by atoms with Crippen molar-refractivity contribution in [2.45, 2.75) is 6.42 Å². The lowest BCUT2D eigenvalue weighted by Crippen LogP contribution is -2.17. The van der Waals surface area contributed by atoms with Crippen LogP contribution >= 0.6 is 15.9 Å². The number of hydrogen-bond acceptors (Lipinski definition) is 6. The second-order valence-corrected chi connectivity index (χ2v) is 7.45. The summed E-state index contributed by atoms with van der Waals surface area (Å²) < 4.78 is 14.9. The van der Waals surface area contributed by atoms with Crippen molar-refractivity contribution in [3.8, 4) is 11.3 Å². The number of pyridine rings is 1. The zero-order valence-electron chi connectivity index (χ0n) is 15.8. The molecule has 0 saturated heterocycles. The lowest BCUT2D eigenvalue weighted by atomic mass is 10.2. The summed E-state index contributed by atoms with van der Waals surface area (Å²) >= 11 is 3.27. The van der Waals surface area contributed by atoms with Crippen LogP contribution in [0.3, 0.4) is 0 Å². The van der Waals surface area contributed by atoms with E-state index >= 15 is 0 Å². The van der Waals surface area contributed by atoms with Gasteiger partial charge in [0.15, 0.2) is 0 Å². The van der Waals surface area contributed by atoms with Crippen LogP contribution in [0.15, 0.2) is 53.3 Å². The van der Waals surface area contributed by atoms with Gasteiger partial charge in [-0.25, -0.2) is 9.37 Å². The van der Waals surface area contributed by atoms with Crippen LogP contribution < -0.4 is 10.6 Å². The first kappa shape index (κ1) is 20.2. The molecule has 0 aliphatic rings. The van der Waals surface area contributed by atoms with Crippen LogP contribution in [0.4, 0.5) is 21.8 Å². The Morgan fingerprint density at radius 2 is 1.86 bits per heavy atom. The lowest BCUT2D eigenvalue weighted by Gasteiger charge is -2.13. The van der Waals surface area contributed by atoms with Gasteiger partial charge in [0.25, 0.3) is 0 Å². The highest BCUT2D eigenvalue weighted by Crippen LogP contribution is 2.26. The summed E-state index contributed by atoms with van der Waals surface area (Å²) in [6.07, 6.45) is 4.38. The summed E-state index contributed by atoms with van der Waals surface area (Å²) in [4.78, 5) is 15.3. The minimum Gasteiger partial charge on any atom is -0.354 e. The van der Waals surface area contributed by atoms with Crippen LogP contribution in [-0.4, -0.2) is 47.0 Å². The molecule has 6 nitrogen and oxygen atoms in total. The van der Waals surface area contributed by atoms with E-state index in [4.69, 9.17) is 0 Å². The first-order chi connectivity index (χ1) is 13.5. The van der Waals surface area contributed by atoms with Gasteiger partial charge in [-0.05, 0) is 57.4 Å². The molecule has 2 aromatic heterocycles. The van der Waals surface area contributed by atoms with E-state index in [0.29, 0.717) is 21.9 Å². The molecule has 0 saturated carbocycles. The summed E-state index contributed by atoms with van der Waals surface area (Å²) in [5, 5.41) is 6.30. The Morgan fingerprint density at radius 3 is 2.57 bits per heavy atom. The van der Waals surface area contributed by atoms with E-state index in [0.717, 1.165) is 30.8 Å². The van der Waals surface area contributed by atoms with E-state index in [9.17, 15) is 4.39 Å². The summed E-state index contributed by atoms with van der Waals surface area (Å²) in [6, 6.07) is 10.4. The van der Waals surface area contributed by atoms with Crippen molar-refractivity contribution in [1.82, 2.24) is 19.9 Å². The lowest BCUT2D eigenvalue weighted by molar-refractivity contribution is 0.405. The van der Waals surface area contributed by atoms with Crippen LogP contribution in [0.25, 0.3) is 11.3 Å². The number of anilines is 3. The molecule has 2 N–H and O–H groups in total. The average Bonchev–Trinajstić information content (AvgIpc) is 2.68. The number of halogens is 2. The smallest absolute Gasteiger partial charge is 0.225 e. The minimum atomic E-state index is -0.362. The maximum atomic E-state index is 14.2. The zero-order valence-corrected chi connectivity index (χ0v) is 17.4. The predicted molar refractivity (Wildman–Crippen MR) is 114 cm³/mol. The third-order valence-corrected chi connectivity index (χ3v) is 4.45. The molecule has 0 fully saturated rings. The number of aromatic nitrogens is 3. The SMILES string of the molecule is CN(C)CCCNc1nc(Nc2ccc(Br)cc2F)cc(-c2ccncc2)n1. The fourth-order valence-electron chi connectivity index (χ4n) is 2.59. The van der Waals surface area contributed by atoms with Gasteiger partial charge in [0.1, 0.15) is 11.6 Å². The Kier molecular flexibility index (Phi) is 6.89. The summed E-state index contributed by atoms with van der Waals surface area (Å²) in [7, 11) is 4.07. The molecular weight excluding hydrogens is 423 g/mol. The van der Waals surface area contributed by atoms with Crippen molar-refractivity contribution in [3.63, 3.8) is 0 Å². The van der Waals surface area contributed by atoms with E-state index in [2.05, 4.69) is 46.4 Å². The Bertz CT molecular complexity index is 920. The van der Waals surface area contributed by atoms with Crippen LogP contribution in [0.1, 0.15) is 6.42 Å². The number of hydrogen-bond donors (Lipinski definition) is 2. The van der Waals surface area contributed by atoms with Crippen molar-refractivity contribution < 1.29 is 4.39 Å². The van der Waals surface area contributed by atoms with Gasteiger partial charge in [-0.2, -0.15) is 4.98 Å². The molecule has 3 rings (SSSR count). The molecule has 3 aromatic rings. The minimum absolute atomic E-state index is 0.348. The highest BCUT2D eigenvalue weighted by Gasteiger charge is 2.09. The van der Waals surface area contributed by atoms with Gasteiger partial charge in [-0.1, -0.05) is 15.9 Å². The van der Waals surface area contributed by atoms with Crippen LogP contribution in [0, 0.1) is 5.82 Å². The molecule has 2 heterocycles. The molecule has 146 valence electrons. The third-order valence-electron chi connectivity index (χ3n) is 3.96. The van der Waals surface area contributed by atoms with Gasteiger partial charge in [0, 0.05) is 35.0 Å². The van der Waals surface area contributed by atoms with Crippen LogP contribution in [-0.2, 0) is 0 Å². The maximum absolute atomic E-state index is 14.2. The predicted octanol–water partition coefficient (Wildman–Crippen LogP) is 4.55. The van der Waals surface area contributed by atoms with Gasteiger partial charge in [0.05, 0.1) is 11.4 Å². The molecule has 0 bridgehead atoms. The normalized spacial score (nSPS) is 10.9. The second kappa shape index (κ2) is 9.57. The van der Waals surface area contributed by atoms with Gasteiger partial charge < -0.3 is 15.5 Å². The fourth-order valence-corrected chi connectivity index (χ4v) is 2.92. The molecule has 1 aromatic carbocycles. The van der Waals surface area contributed by atoms with E-state index in [1.807, 2.05) is 26.2 Å². The van der Waals surface area contributed by atoms with Crippen molar-refractivity contribution in [3.05, 3.63) is 59.1 Å². The monoisotopic (exact) mass is 444 g/mol. The van der Waals surface area contributed by atoms with E-state index < -0.39 is 0 Å². The van der Waals surface area contributed by atoms with E-state index in [-0.39, 0.29) is 5.82 Å². The highest BCUT2D eigenvalue weighted by atomic mass is 79.9. The van der Waals surface area contributed by atoms with Crippen molar-refractivity contribution in [2.24, 2.45) is 0 Å². The van der Waals surface area contributed by atoms with Gasteiger partial charge >= 0.3 is 0 Å². The topological polar surface area (TPSA) is 66.0 Å². The van der Waals surface area contributed by atoms with Crippen molar-refractivity contribution in [1.29, 1.82) is 0 Å². The van der Waals surface area contributed by atoms with Crippen LogP contribution in [0.5, 0.6) is 0 Å². The molecule has 8 heteroatoms. The van der Waals surface area contributed by atoms with Gasteiger partial charge in [-0.15, -0.1) is 0 Å². The largest absolute Gasteiger partial charge is 0.354 e. The summed E-state index contributed by atoms with van der Waals surface area (Å²) in [5.41, 5.74) is 1.99. The highest BCUT2D eigenvalue weighted by molar-refractivity contribution is 9.10. The quantitative estimate of drug-likeness (QED) is 0.496. The first-order valence-electron chi connectivity index (χ1n) is 8.91. The number of rotatable bonds is 8. The first-order valence-corrected chi connectivity index (χ1v) is 9.71. The molecule has 0 spiro atoms.